The van der Waals surface area contributed by atoms with E-state index in [2.05, 4.69) is 29.8 Å². The average molecular weight is 368 g/mol. The molecule has 1 saturated heterocycles. The maximum atomic E-state index is 12.5. The summed E-state index contributed by atoms with van der Waals surface area (Å²) in [5, 5.41) is 16.5. The lowest BCUT2D eigenvalue weighted by Gasteiger charge is -2.26. The molecule has 9 heteroatoms. The summed E-state index contributed by atoms with van der Waals surface area (Å²) < 4.78 is 0. The Hall–Kier alpha value is -2.32. The van der Waals surface area contributed by atoms with Crippen LogP contribution in [0.5, 0.6) is 0 Å². The number of primary amides is 1. The van der Waals surface area contributed by atoms with Crippen molar-refractivity contribution in [3.8, 4) is 0 Å². The fourth-order valence-electron chi connectivity index (χ4n) is 3.51. The molecule has 0 bridgehead atoms. The van der Waals surface area contributed by atoms with E-state index in [1.807, 2.05) is 0 Å². The Morgan fingerprint density at radius 3 is 2.42 bits per heavy atom. The van der Waals surface area contributed by atoms with Crippen LogP contribution in [0.25, 0.3) is 0 Å². The standard InChI is InChI=1S/C17H28N4O5/c1-17(2)8-10(17)7-12(21-16(25)26)15(24)20-11(13(18)22)6-9-4-3-5-19-14(9)23/h9-12,21H,3-8H2,1-2H3,(H2,18,22)(H,19,23)(H,20,24)(H,25,26). The molecule has 9 nitrogen and oxygen atoms in total. The van der Waals surface area contributed by atoms with Crippen LogP contribution in [0.15, 0.2) is 0 Å². The first-order chi connectivity index (χ1) is 12.1. The van der Waals surface area contributed by atoms with Crippen molar-refractivity contribution in [3.63, 3.8) is 0 Å². The van der Waals surface area contributed by atoms with Gasteiger partial charge in [0.15, 0.2) is 0 Å². The minimum Gasteiger partial charge on any atom is -0.465 e. The third kappa shape index (κ3) is 5.34. The summed E-state index contributed by atoms with van der Waals surface area (Å²) in [6, 6.07) is -1.97. The number of hydrogen-bond acceptors (Lipinski definition) is 4. The molecule has 1 saturated carbocycles. The number of piperidine rings is 1. The summed E-state index contributed by atoms with van der Waals surface area (Å²) in [6.07, 6.45) is 1.52. The SMILES string of the molecule is CC1(C)CC1CC(NC(=O)O)C(=O)NC(CC1CCCNC1=O)C(N)=O. The Morgan fingerprint density at radius 1 is 1.27 bits per heavy atom. The van der Waals surface area contributed by atoms with Gasteiger partial charge in [0.25, 0.3) is 0 Å². The van der Waals surface area contributed by atoms with E-state index in [9.17, 15) is 19.2 Å². The number of nitrogens with two attached hydrogens (primary N) is 1. The van der Waals surface area contributed by atoms with Crippen molar-refractivity contribution >= 4 is 23.8 Å². The summed E-state index contributed by atoms with van der Waals surface area (Å²) in [7, 11) is 0. The highest BCUT2D eigenvalue weighted by atomic mass is 16.4. The molecule has 2 rings (SSSR count). The Morgan fingerprint density at radius 2 is 1.92 bits per heavy atom. The number of carbonyl (C=O) groups excluding carboxylic acids is 3. The highest BCUT2D eigenvalue weighted by molar-refractivity contribution is 5.91. The zero-order chi connectivity index (χ0) is 19.5. The molecule has 1 heterocycles. The van der Waals surface area contributed by atoms with Gasteiger partial charge in [0.05, 0.1) is 0 Å². The second kappa shape index (κ2) is 7.92. The number of nitrogens with one attached hydrogen (secondary N) is 3. The van der Waals surface area contributed by atoms with Crippen molar-refractivity contribution in [1.29, 1.82) is 0 Å². The summed E-state index contributed by atoms with van der Waals surface area (Å²) in [6.45, 7) is 4.72. The molecule has 4 atom stereocenters. The van der Waals surface area contributed by atoms with Gasteiger partial charge in [-0.2, -0.15) is 0 Å². The predicted molar refractivity (Wildman–Crippen MR) is 92.9 cm³/mol. The fraction of sp³-hybridized carbons (Fsp3) is 0.765. The number of carboxylic acid groups (broad SMARTS) is 1. The molecule has 26 heavy (non-hydrogen) atoms. The zero-order valence-corrected chi connectivity index (χ0v) is 15.2. The van der Waals surface area contributed by atoms with Crippen LogP contribution in [0.3, 0.4) is 0 Å². The van der Waals surface area contributed by atoms with Crippen molar-refractivity contribution in [3.05, 3.63) is 0 Å². The third-order valence-electron chi connectivity index (χ3n) is 5.43. The van der Waals surface area contributed by atoms with Gasteiger partial charge in [0.1, 0.15) is 12.1 Å². The Balaban J connectivity index is 1.99. The van der Waals surface area contributed by atoms with E-state index >= 15 is 0 Å². The molecule has 2 aliphatic rings. The Bertz CT molecular complexity index is 592. The third-order valence-corrected chi connectivity index (χ3v) is 5.43. The Labute approximate surface area is 152 Å². The summed E-state index contributed by atoms with van der Waals surface area (Å²) in [4.78, 5) is 47.2. The van der Waals surface area contributed by atoms with Crippen molar-refractivity contribution in [2.75, 3.05) is 6.54 Å². The average Bonchev–Trinajstić information content (AvgIpc) is 3.13. The van der Waals surface area contributed by atoms with Gasteiger partial charge in [-0.15, -0.1) is 0 Å². The molecule has 1 aliphatic carbocycles. The molecule has 0 aromatic heterocycles. The van der Waals surface area contributed by atoms with Crippen LogP contribution in [-0.4, -0.2) is 47.5 Å². The lowest BCUT2D eigenvalue weighted by atomic mass is 9.91. The van der Waals surface area contributed by atoms with Crippen LogP contribution >= 0.6 is 0 Å². The molecule has 1 aliphatic heterocycles. The maximum Gasteiger partial charge on any atom is 0.405 e. The highest BCUT2D eigenvalue weighted by Gasteiger charge is 2.47. The summed E-state index contributed by atoms with van der Waals surface area (Å²) >= 11 is 0. The minimum atomic E-state index is -1.30. The highest BCUT2D eigenvalue weighted by Crippen LogP contribution is 2.54. The first-order valence-corrected chi connectivity index (χ1v) is 8.97. The second-order valence-electron chi connectivity index (χ2n) is 7.96. The number of amides is 4. The van der Waals surface area contributed by atoms with Gasteiger partial charge in [-0.25, -0.2) is 4.79 Å². The topological polar surface area (TPSA) is 151 Å². The monoisotopic (exact) mass is 368 g/mol. The van der Waals surface area contributed by atoms with E-state index < -0.39 is 35.9 Å². The van der Waals surface area contributed by atoms with Crippen LogP contribution in [0.2, 0.25) is 0 Å². The van der Waals surface area contributed by atoms with Gasteiger partial charge in [-0.1, -0.05) is 13.8 Å². The zero-order valence-electron chi connectivity index (χ0n) is 15.2. The van der Waals surface area contributed by atoms with Crippen molar-refractivity contribution < 1.29 is 24.3 Å². The normalized spacial score (nSPS) is 26.2. The molecule has 4 amide bonds. The molecule has 0 radical (unpaired) electrons. The molecule has 0 aromatic carbocycles. The van der Waals surface area contributed by atoms with E-state index in [0.29, 0.717) is 19.4 Å². The largest absolute Gasteiger partial charge is 0.465 e. The first kappa shape index (κ1) is 20.0. The van der Waals surface area contributed by atoms with Gasteiger partial charge < -0.3 is 26.8 Å². The summed E-state index contributed by atoms with van der Waals surface area (Å²) in [5.41, 5.74) is 5.47. The predicted octanol–water partition coefficient (Wildman–Crippen LogP) is -0.0548. The van der Waals surface area contributed by atoms with E-state index in [1.54, 1.807) is 0 Å². The quantitative estimate of drug-likeness (QED) is 0.407. The van der Waals surface area contributed by atoms with Crippen molar-refractivity contribution in [1.82, 2.24) is 16.0 Å². The lowest BCUT2D eigenvalue weighted by molar-refractivity contribution is -0.131. The van der Waals surface area contributed by atoms with E-state index in [4.69, 9.17) is 10.8 Å². The first-order valence-electron chi connectivity index (χ1n) is 8.97. The van der Waals surface area contributed by atoms with Crippen LogP contribution in [0.1, 0.15) is 46.0 Å². The van der Waals surface area contributed by atoms with Crippen molar-refractivity contribution in [2.45, 2.75) is 58.0 Å². The van der Waals surface area contributed by atoms with Gasteiger partial charge in [0, 0.05) is 12.5 Å². The van der Waals surface area contributed by atoms with Crippen LogP contribution < -0.4 is 21.7 Å². The van der Waals surface area contributed by atoms with Gasteiger partial charge in [0.2, 0.25) is 17.7 Å². The van der Waals surface area contributed by atoms with Gasteiger partial charge in [-0.05, 0) is 43.4 Å². The summed E-state index contributed by atoms with van der Waals surface area (Å²) in [5.74, 6) is -1.64. The molecule has 4 unspecified atom stereocenters. The molecule has 6 N–H and O–H groups in total. The maximum absolute atomic E-state index is 12.5. The van der Waals surface area contributed by atoms with Crippen LogP contribution in [0, 0.1) is 17.3 Å². The van der Waals surface area contributed by atoms with E-state index in [1.165, 1.54) is 0 Å². The minimum absolute atomic E-state index is 0.0853. The number of hydrogen-bond donors (Lipinski definition) is 5. The number of carbonyl (C=O) groups is 4. The van der Waals surface area contributed by atoms with Crippen LogP contribution in [-0.2, 0) is 14.4 Å². The molecule has 2 fully saturated rings. The molecular weight excluding hydrogens is 340 g/mol. The molecule has 146 valence electrons. The molecule has 0 spiro atoms. The van der Waals surface area contributed by atoms with Crippen molar-refractivity contribution in [2.24, 2.45) is 23.0 Å². The Kier molecular flexibility index (Phi) is 6.09. The van der Waals surface area contributed by atoms with Crippen LogP contribution in [0.4, 0.5) is 4.79 Å². The number of rotatable bonds is 8. The van der Waals surface area contributed by atoms with E-state index in [0.717, 1.165) is 12.8 Å². The smallest absolute Gasteiger partial charge is 0.405 e. The molecule has 0 aromatic rings. The van der Waals surface area contributed by atoms with E-state index in [-0.39, 0.29) is 23.7 Å². The van der Waals surface area contributed by atoms with Gasteiger partial charge in [-0.3, -0.25) is 14.4 Å². The molecular formula is C17H28N4O5. The lowest BCUT2D eigenvalue weighted by Crippen LogP contribution is -2.54. The fourth-order valence-corrected chi connectivity index (χ4v) is 3.51. The second-order valence-corrected chi connectivity index (χ2v) is 7.96. The van der Waals surface area contributed by atoms with Gasteiger partial charge >= 0.3 is 6.09 Å².